The fourth-order valence-electron chi connectivity index (χ4n) is 1.61. The van der Waals surface area contributed by atoms with Crippen LogP contribution in [0.15, 0.2) is 24.3 Å². The first-order chi connectivity index (χ1) is 7.74. The zero-order valence-electron chi connectivity index (χ0n) is 10.6. The number of nitrogens with one attached hydrogen (secondary N) is 1. The average Bonchev–Trinajstić information content (AvgIpc) is 2.29. The lowest BCUT2D eigenvalue weighted by Crippen LogP contribution is -2.03. The lowest BCUT2D eigenvalue weighted by molar-refractivity contribution is 0.194. The molecule has 2 nitrogen and oxygen atoms in total. The van der Waals surface area contributed by atoms with Gasteiger partial charge in [-0.25, -0.2) is 0 Å². The third kappa shape index (κ3) is 4.67. The first-order valence-electron chi connectivity index (χ1n) is 6.07. The van der Waals surface area contributed by atoms with Crippen LogP contribution >= 0.6 is 0 Å². The van der Waals surface area contributed by atoms with E-state index in [9.17, 15) is 0 Å². The van der Waals surface area contributed by atoms with Crippen LogP contribution in [0.1, 0.15) is 38.2 Å². The summed E-state index contributed by atoms with van der Waals surface area (Å²) in [7, 11) is 1.75. The van der Waals surface area contributed by atoms with Gasteiger partial charge in [-0.2, -0.15) is 0 Å². The maximum Gasteiger partial charge on any atom is 0.0462 e. The topological polar surface area (TPSA) is 21.3 Å². The van der Waals surface area contributed by atoms with E-state index >= 15 is 0 Å². The maximum atomic E-state index is 5.02. The molecule has 1 aromatic rings. The van der Waals surface area contributed by atoms with E-state index in [0.717, 1.165) is 26.0 Å². The first kappa shape index (κ1) is 13.0. The number of benzene rings is 1. The summed E-state index contributed by atoms with van der Waals surface area (Å²) in [5.74, 6) is 0.593. The summed E-state index contributed by atoms with van der Waals surface area (Å²) >= 11 is 0. The van der Waals surface area contributed by atoms with Gasteiger partial charge in [-0.3, -0.25) is 0 Å². The van der Waals surface area contributed by atoms with Crippen molar-refractivity contribution < 1.29 is 4.74 Å². The summed E-state index contributed by atoms with van der Waals surface area (Å²) in [5, 5.41) is 3.44. The zero-order valence-corrected chi connectivity index (χ0v) is 10.6. The van der Waals surface area contributed by atoms with E-state index in [1.54, 1.807) is 7.11 Å². The molecule has 0 amide bonds. The molecule has 90 valence electrons. The molecule has 2 heteroatoms. The highest BCUT2D eigenvalue weighted by Crippen LogP contribution is 2.18. The molecule has 0 heterocycles. The zero-order chi connectivity index (χ0) is 11.8. The van der Waals surface area contributed by atoms with Crippen molar-refractivity contribution in [2.24, 2.45) is 0 Å². The lowest BCUT2D eigenvalue weighted by atomic mass is 10.0. The molecule has 0 saturated heterocycles. The van der Waals surface area contributed by atoms with E-state index in [-0.39, 0.29) is 0 Å². The van der Waals surface area contributed by atoms with Crippen molar-refractivity contribution in [1.29, 1.82) is 0 Å². The number of ether oxygens (including phenoxy) is 1. The van der Waals surface area contributed by atoms with Gasteiger partial charge in [0.15, 0.2) is 0 Å². The van der Waals surface area contributed by atoms with Crippen LogP contribution in [-0.4, -0.2) is 20.3 Å². The van der Waals surface area contributed by atoms with Gasteiger partial charge in [0, 0.05) is 25.9 Å². The Morgan fingerprint density at radius 1 is 1.25 bits per heavy atom. The highest BCUT2D eigenvalue weighted by Gasteiger charge is 1.99. The van der Waals surface area contributed by atoms with Crippen LogP contribution in [0.5, 0.6) is 0 Å². The molecule has 0 fully saturated rings. The molecular formula is C14H23NO. The van der Waals surface area contributed by atoms with Crippen LogP contribution in [0.2, 0.25) is 0 Å². The van der Waals surface area contributed by atoms with Crippen molar-refractivity contribution in [3.8, 4) is 0 Å². The molecule has 0 unspecified atom stereocenters. The van der Waals surface area contributed by atoms with Gasteiger partial charge >= 0.3 is 0 Å². The van der Waals surface area contributed by atoms with E-state index in [2.05, 4.69) is 43.4 Å². The standard InChI is InChI=1S/C14H23NO/c1-12(2)13-7-6-8-14(11-13)15-9-4-5-10-16-3/h6-8,11-12,15H,4-5,9-10H2,1-3H3. The van der Waals surface area contributed by atoms with E-state index in [1.807, 2.05) is 0 Å². The second kappa shape index (κ2) is 7.29. The first-order valence-corrected chi connectivity index (χ1v) is 6.07. The van der Waals surface area contributed by atoms with Gasteiger partial charge in [0.1, 0.15) is 0 Å². The predicted octanol–water partition coefficient (Wildman–Crippen LogP) is 3.65. The maximum absolute atomic E-state index is 5.02. The Labute approximate surface area is 99.0 Å². The summed E-state index contributed by atoms with van der Waals surface area (Å²) in [5.41, 5.74) is 2.62. The second-order valence-electron chi connectivity index (χ2n) is 4.41. The summed E-state index contributed by atoms with van der Waals surface area (Å²) in [6, 6.07) is 8.66. The van der Waals surface area contributed by atoms with Crippen molar-refractivity contribution in [3.05, 3.63) is 29.8 Å². The number of hydrogen-bond acceptors (Lipinski definition) is 2. The molecule has 0 spiro atoms. The Kier molecular flexibility index (Phi) is 5.94. The monoisotopic (exact) mass is 221 g/mol. The van der Waals surface area contributed by atoms with E-state index in [4.69, 9.17) is 4.74 Å². The molecule has 1 aromatic carbocycles. The normalized spacial score (nSPS) is 10.8. The summed E-state index contributed by atoms with van der Waals surface area (Å²) in [6.07, 6.45) is 2.27. The Balaban J connectivity index is 2.33. The van der Waals surface area contributed by atoms with E-state index in [1.165, 1.54) is 11.3 Å². The van der Waals surface area contributed by atoms with Gasteiger partial charge < -0.3 is 10.1 Å². The fourth-order valence-corrected chi connectivity index (χ4v) is 1.61. The molecule has 0 aromatic heterocycles. The predicted molar refractivity (Wildman–Crippen MR) is 70.1 cm³/mol. The Hall–Kier alpha value is -1.02. The quantitative estimate of drug-likeness (QED) is 0.710. The summed E-state index contributed by atoms with van der Waals surface area (Å²) < 4.78 is 5.02. The third-order valence-electron chi connectivity index (χ3n) is 2.66. The molecule has 0 bridgehead atoms. The molecule has 0 aliphatic heterocycles. The molecule has 0 radical (unpaired) electrons. The van der Waals surface area contributed by atoms with Gasteiger partial charge in [-0.15, -0.1) is 0 Å². The second-order valence-corrected chi connectivity index (χ2v) is 4.41. The van der Waals surface area contributed by atoms with Crippen molar-refractivity contribution >= 4 is 5.69 Å². The molecular weight excluding hydrogens is 198 g/mol. The van der Waals surface area contributed by atoms with Crippen LogP contribution in [0.25, 0.3) is 0 Å². The molecule has 16 heavy (non-hydrogen) atoms. The minimum atomic E-state index is 0.593. The number of hydrogen-bond donors (Lipinski definition) is 1. The Bertz CT molecular complexity index is 297. The highest BCUT2D eigenvalue weighted by atomic mass is 16.5. The minimum Gasteiger partial charge on any atom is -0.385 e. The summed E-state index contributed by atoms with van der Waals surface area (Å²) in [4.78, 5) is 0. The SMILES string of the molecule is COCCCCNc1cccc(C(C)C)c1. The van der Waals surface area contributed by atoms with Gasteiger partial charge in [0.2, 0.25) is 0 Å². The highest BCUT2D eigenvalue weighted by molar-refractivity contribution is 5.46. The van der Waals surface area contributed by atoms with Crippen molar-refractivity contribution in [3.63, 3.8) is 0 Å². The fraction of sp³-hybridized carbons (Fsp3) is 0.571. The number of anilines is 1. The largest absolute Gasteiger partial charge is 0.385 e. The van der Waals surface area contributed by atoms with Gasteiger partial charge in [-0.1, -0.05) is 26.0 Å². The van der Waals surface area contributed by atoms with E-state index in [0.29, 0.717) is 5.92 Å². The molecule has 1 N–H and O–H groups in total. The Morgan fingerprint density at radius 3 is 2.75 bits per heavy atom. The molecule has 1 rings (SSSR count). The number of unbranched alkanes of at least 4 members (excludes halogenated alkanes) is 1. The van der Waals surface area contributed by atoms with Gasteiger partial charge in [0.25, 0.3) is 0 Å². The van der Waals surface area contributed by atoms with Gasteiger partial charge in [0.05, 0.1) is 0 Å². The molecule has 0 aliphatic carbocycles. The lowest BCUT2D eigenvalue weighted by Gasteiger charge is -2.10. The van der Waals surface area contributed by atoms with Gasteiger partial charge in [-0.05, 0) is 36.5 Å². The number of methoxy groups -OCH3 is 1. The van der Waals surface area contributed by atoms with Crippen LogP contribution in [0, 0.1) is 0 Å². The third-order valence-corrected chi connectivity index (χ3v) is 2.66. The van der Waals surface area contributed by atoms with Crippen LogP contribution in [0.4, 0.5) is 5.69 Å². The smallest absolute Gasteiger partial charge is 0.0462 e. The average molecular weight is 221 g/mol. The Morgan fingerprint density at radius 2 is 2.06 bits per heavy atom. The molecule has 0 aliphatic rings. The van der Waals surface area contributed by atoms with Crippen LogP contribution in [0.3, 0.4) is 0 Å². The van der Waals surface area contributed by atoms with Crippen molar-refractivity contribution in [2.45, 2.75) is 32.6 Å². The minimum absolute atomic E-state index is 0.593. The van der Waals surface area contributed by atoms with Crippen molar-refractivity contribution in [2.75, 3.05) is 25.6 Å². The molecule has 0 saturated carbocycles. The summed E-state index contributed by atoms with van der Waals surface area (Å²) in [6.45, 7) is 6.31. The molecule has 0 atom stereocenters. The van der Waals surface area contributed by atoms with Crippen molar-refractivity contribution in [1.82, 2.24) is 0 Å². The van der Waals surface area contributed by atoms with Crippen LogP contribution in [-0.2, 0) is 4.74 Å². The van der Waals surface area contributed by atoms with E-state index < -0.39 is 0 Å². The number of rotatable bonds is 7. The van der Waals surface area contributed by atoms with Crippen LogP contribution < -0.4 is 5.32 Å².